The lowest BCUT2D eigenvalue weighted by Gasteiger charge is -2.37. The first kappa shape index (κ1) is 28.4. The Hall–Kier alpha value is -2.58. The molecule has 1 nitrogen and oxygen atoms in total. The molecule has 9 heteroatoms. The minimum absolute atomic E-state index is 0.282. The highest BCUT2D eigenvalue weighted by Crippen LogP contribution is 2.45. The van der Waals surface area contributed by atoms with E-state index >= 15 is 0 Å². The molecule has 0 saturated heterocycles. The molecule has 1 atom stereocenters. The maximum atomic E-state index is 15.0. The van der Waals surface area contributed by atoms with Gasteiger partial charge in [0.2, 0.25) is 0 Å². The zero-order chi connectivity index (χ0) is 27.7. The molecule has 0 bridgehead atoms. The number of allylic oxidation sites excluding steroid dienone is 2. The van der Waals surface area contributed by atoms with Crippen LogP contribution in [0.3, 0.4) is 0 Å². The fourth-order valence-corrected chi connectivity index (χ4v) is 5.85. The molecule has 38 heavy (non-hydrogen) atoms. The molecular formula is C29H30F8O. The first-order valence-electron chi connectivity index (χ1n) is 13.0. The summed E-state index contributed by atoms with van der Waals surface area (Å²) in [4.78, 5) is 0. The second-order valence-electron chi connectivity index (χ2n) is 10.4. The van der Waals surface area contributed by atoms with Gasteiger partial charge in [-0.15, -0.1) is 0 Å². The maximum Gasteiger partial charge on any atom is 0.422 e. The molecule has 2 aliphatic rings. The lowest BCUT2D eigenvalue weighted by Crippen LogP contribution is -2.38. The molecule has 2 aromatic rings. The van der Waals surface area contributed by atoms with Gasteiger partial charge in [-0.1, -0.05) is 25.0 Å². The summed E-state index contributed by atoms with van der Waals surface area (Å²) >= 11 is 0. The average Bonchev–Trinajstić information content (AvgIpc) is 2.83. The van der Waals surface area contributed by atoms with Gasteiger partial charge in [-0.2, -0.15) is 22.0 Å². The zero-order valence-electron chi connectivity index (χ0n) is 21.0. The van der Waals surface area contributed by atoms with Crippen LogP contribution in [-0.4, -0.2) is 6.11 Å². The molecule has 208 valence electrons. The third-order valence-electron chi connectivity index (χ3n) is 7.86. The molecule has 0 aromatic heterocycles. The van der Waals surface area contributed by atoms with E-state index in [1.54, 1.807) is 0 Å². The highest BCUT2D eigenvalue weighted by Gasteiger charge is 2.45. The molecule has 1 unspecified atom stereocenters. The molecule has 4 rings (SSSR count). The van der Waals surface area contributed by atoms with Crippen molar-refractivity contribution in [2.75, 3.05) is 0 Å². The van der Waals surface area contributed by atoms with Gasteiger partial charge in [-0.3, -0.25) is 0 Å². The minimum atomic E-state index is -5.26. The Balaban J connectivity index is 1.39. The van der Waals surface area contributed by atoms with E-state index in [9.17, 15) is 35.1 Å². The highest BCUT2D eigenvalue weighted by atomic mass is 19.4. The van der Waals surface area contributed by atoms with Crippen LogP contribution in [0, 0.1) is 35.2 Å². The number of ether oxygens (including phenoxy) is 1. The fraction of sp³-hybridized carbons (Fsp3) is 0.517. The van der Waals surface area contributed by atoms with Crippen molar-refractivity contribution in [2.24, 2.45) is 17.8 Å². The monoisotopic (exact) mass is 546 g/mol. The van der Waals surface area contributed by atoms with Crippen molar-refractivity contribution in [1.82, 2.24) is 0 Å². The molecule has 1 saturated carbocycles. The van der Waals surface area contributed by atoms with E-state index in [4.69, 9.17) is 4.74 Å². The van der Waals surface area contributed by atoms with Gasteiger partial charge < -0.3 is 4.74 Å². The van der Waals surface area contributed by atoms with Crippen molar-refractivity contribution in [3.05, 3.63) is 65.0 Å². The Morgan fingerprint density at radius 3 is 2.00 bits per heavy atom. The topological polar surface area (TPSA) is 9.23 Å². The summed E-state index contributed by atoms with van der Waals surface area (Å²) in [5, 5.41) is 0. The van der Waals surface area contributed by atoms with Crippen LogP contribution in [-0.2, 0) is 6.18 Å². The van der Waals surface area contributed by atoms with Crippen LogP contribution in [0.4, 0.5) is 35.1 Å². The van der Waals surface area contributed by atoms with Gasteiger partial charge in [0.15, 0.2) is 0 Å². The summed E-state index contributed by atoms with van der Waals surface area (Å²) in [5.41, 5.74) is -1.54. The summed E-state index contributed by atoms with van der Waals surface area (Å²) < 4.78 is 116. The predicted molar refractivity (Wildman–Crippen MR) is 128 cm³/mol. The van der Waals surface area contributed by atoms with Gasteiger partial charge in [0.05, 0.1) is 5.92 Å². The van der Waals surface area contributed by atoms with Crippen molar-refractivity contribution in [2.45, 2.75) is 77.0 Å². The Labute approximate surface area is 216 Å². The van der Waals surface area contributed by atoms with Crippen LogP contribution in [0.5, 0.6) is 5.75 Å². The largest absolute Gasteiger partial charge is 0.432 e. The van der Waals surface area contributed by atoms with Gasteiger partial charge in [-0.25, -0.2) is 13.2 Å². The van der Waals surface area contributed by atoms with Gasteiger partial charge >= 0.3 is 12.3 Å². The van der Waals surface area contributed by atoms with E-state index in [0.717, 1.165) is 44.2 Å². The quantitative estimate of drug-likeness (QED) is 0.248. The molecule has 0 amide bonds. The summed E-state index contributed by atoms with van der Waals surface area (Å²) in [5.74, 6) is -5.58. The van der Waals surface area contributed by atoms with Crippen LogP contribution in [0.2, 0.25) is 0 Å². The number of alkyl halides is 5. The van der Waals surface area contributed by atoms with Crippen molar-refractivity contribution in [3.8, 4) is 16.9 Å². The van der Waals surface area contributed by atoms with Crippen LogP contribution < -0.4 is 4.74 Å². The molecule has 2 aliphatic carbocycles. The average molecular weight is 547 g/mol. The highest BCUT2D eigenvalue weighted by molar-refractivity contribution is 5.66. The van der Waals surface area contributed by atoms with Crippen LogP contribution in [0.1, 0.15) is 70.3 Å². The summed E-state index contributed by atoms with van der Waals surface area (Å²) in [6.45, 7) is 2.15. The Kier molecular flexibility index (Phi) is 8.43. The number of hydrogen-bond acceptors (Lipinski definition) is 1. The smallest absolute Gasteiger partial charge is 0.422 e. The van der Waals surface area contributed by atoms with Crippen LogP contribution in [0.15, 0.2) is 42.0 Å². The Morgan fingerprint density at radius 1 is 0.816 bits per heavy atom. The van der Waals surface area contributed by atoms with Crippen molar-refractivity contribution >= 4 is 0 Å². The summed E-state index contributed by atoms with van der Waals surface area (Å²) in [6, 6.07) is 3.30. The lowest BCUT2D eigenvalue weighted by atomic mass is 9.71. The molecule has 0 heterocycles. The van der Waals surface area contributed by atoms with Crippen LogP contribution in [0.25, 0.3) is 11.1 Å². The molecular weight excluding hydrogens is 516 g/mol. The molecule has 1 fully saturated rings. The summed E-state index contributed by atoms with van der Waals surface area (Å²) in [7, 11) is 0. The number of benzene rings is 2. The zero-order valence-corrected chi connectivity index (χ0v) is 21.0. The van der Waals surface area contributed by atoms with E-state index in [2.05, 4.69) is 13.0 Å². The third kappa shape index (κ3) is 6.34. The summed E-state index contributed by atoms with van der Waals surface area (Å²) in [6.07, 6.45) is 0.798. The number of halogens is 8. The van der Waals surface area contributed by atoms with Crippen LogP contribution >= 0.6 is 0 Å². The van der Waals surface area contributed by atoms with Gasteiger partial charge in [-0.05, 0) is 93.0 Å². The standard InChI is InChI=1S/C29H30F8O/c1-2-3-17-4-6-18(7-5-17)19-8-10-21(11-9-19)29(36,37)38-22-12-13-23(24(30)16-22)20-14-25(31)27(26(32)15-20)28(33,34)35/h4,12-16,18-19,21H,2-3,5-11H2,1H3. The van der Waals surface area contributed by atoms with Crippen molar-refractivity contribution in [1.29, 1.82) is 0 Å². The fourth-order valence-electron chi connectivity index (χ4n) is 5.85. The van der Waals surface area contributed by atoms with E-state index in [1.165, 1.54) is 5.57 Å². The lowest BCUT2D eigenvalue weighted by molar-refractivity contribution is -0.224. The normalized spacial score (nSPS) is 22.8. The Morgan fingerprint density at radius 2 is 1.47 bits per heavy atom. The second-order valence-corrected chi connectivity index (χ2v) is 10.4. The van der Waals surface area contributed by atoms with Crippen molar-refractivity contribution in [3.63, 3.8) is 0 Å². The SMILES string of the molecule is CCCC1=CCC(C2CCC(C(F)(F)Oc3ccc(-c4cc(F)c(C(F)(F)F)c(F)c4)c(F)c3)CC2)CC1. The molecule has 0 spiro atoms. The van der Waals surface area contributed by atoms with E-state index in [0.29, 0.717) is 42.9 Å². The second kappa shape index (κ2) is 11.3. The van der Waals surface area contributed by atoms with E-state index in [-0.39, 0.29) is 12.8 Å². The molecule has 2 aromatic carbocycles. The predicted octanol–water partition coefficient (Wildman–Crippen LogP) is 10.1. The molecule has 0 N–H and O–H groups in total. The van der Waals surface area contributed by atoms with Gasteiger partial charge in [0, 0.05) is 11.6 Å². The van der Waals surface area contributed by atoms with Gasteiger partial charge in [0.25, 0.3) is 0 Å². The number of hydrogen-bond donors (Lipinski definition) is 0. The first-order valence-corrected chi connectivity index (χ1v) is 13.0. The maximum absolute atomic E-state index is 15.0. The Bertz CT molecular complexity index is 1140. The molecule has 0 radical (unpaired) electrons. The molecule has 0 aliphatic heterocycles. The van der Waals surface area contributed by atoms with Crippen molar-refractivity contribution < 1.29 is 39.9 Å². The third-order valence-corrected chi connectivity index (χ3v) is 7.86. The minimum Gasteiger partial charge on any atom is -0.432 e. The number of rotatable bonds is 7. The van der Waals surface area contributed by atoms with E-state index in [1.807, 2.05) is 0 Å². The van der Waals surface area contributed by atoms with Gasteiger partial charge in [0.1, 0.15) is 28.8 Å². The first-order chi connectivity index (χ1) is 17.9. The van der Waals surface area contributed by atoms with E-state index < -0.39 is 58.1 Å².